The summed E-state index contributed by atoms with van der Waals surface area (Å²) in [6, 6.07) is 18.6. The molecule has 5 rings (SSSR count). The van der Waals surface area contributed by atoms with Crippen molar-refractivity contribution in [3.63, 3.8) is 0 Å². The molecule has 1 atom stereocenters. The molecule has 0 spiro atoms. The van der Waals surface area contributed by atoms with Gasteiger partial charge in [0, 0.05) is 16.7 Å². The Hall–Kier alpha value is -4.13. The van der Waals surface area contributed by atoms with Crippen LogP contribution in [0.2, 0.25) is 0 Å². The van der Waals surface area contributed by atoms with E-state index in [1.165, 1.54) is 7.11 Å². The highest BCUT2D eigenvalue weighted by atomic mass is 16.7. The number of carbonyl (C=O) groups is 1. The number of carbonyl (C=O) groups excluding carboxylic acids is 1. The van der Waals surface area contributed by atoms with Gasteiger partial charge in [-0.3, -0.25) is 0 Å². The molecule has 2 heterocycles. The summed E-state index contributed by atoms with van der Waals surface area (Å²) in [6.45, 7) is 0.151. The first kappa shape index (κ1) is 20.8. The van der Waals surface area contributed by atoms with Crippen molar-refractivity contribution in [1.82, 2.24) is 0 Å². The van der Waals surface area contributed by atoms with Crippen LogP contribution in [0.3, 0.4) is 0 Å². The van der Waals surface area contributed by atoms with Crippen LogP contribution in [0.5, 0.6) is 28.7 Å². The monoisotopic (exact) mass is 446 g/mol. The molecule has 0 saturated carbocycles. The maximum Gasteiger partial charge on any atom is 0.338 e. The van der Waals surface area contributed by atoms with Crippen LogP contribution in [0.25, 0.3) is 5.57 Å². The minimum Gasteiger partial charge on any atom is -0.497 e. The van der Waals surface area contributed by atoms with E-state index in [1.807, 2.05) is 54.6 Å². The summed E-state index contributed by atoms with van der Waals surface area (Å²) in [5, 5.41) is 0. The molecule has 33 heavy (non-hydrogen) atoms. The highest BCUT2D eigenvalue weighted by molar-refractivity contribution is 6.05. The number of methoxy groups -OCH3 is 3. The third-order valence-corrected chi connectivity index (χ3v) is 5.72. The summed E-state index contributed by atoms with van der Waals surface area (Å²) in [6.07, 6.45) is -0.757. The Bertz CT molecular complexity index is 1240. The average Bonchev–Trinajstić information content (AvgIpc) is 3.34. The van der Waals surface area contributed by atoms with Gasteiger partial charge in [-0.15, -0.1) is 0 Å². The lowest BCUT2D eigenvalue weighted by atomic mass is 9.85. The van der Waals surface area contributed by atoms with Crippen molar-refractivity contribution in [1.29, 1.82) is 0 Å². The smallest absolute Gasteiger partial charge is 0.338 e. The lowest BCUT2D eigenvalue weighted by Crippen LogP contribution is -2.24. The van der Waals surface area contributed by atoms with Crippen LogP contribution in [0.4, 0.5) is 0 Å². The lowest BCUT2D eigenvalue weighted by molar-refractivity contribution is -0.137. The molecule has 168 valence electrons. The fourth-order valence-corrected chi connectivity index (χ4v) is 4.15. The number of para-hydroxylation sites is 1. The van der Waals surface area contributed by atoms with Gasteiger partial charge in [-0.2, -0.15) is 0 Å². The van der Waals surface area contributed by atoms with Gasteiger partial charge in [-0.25, -0.2) is 4.79 Å². The van der Waals surface area contributed by atoms with Crippen LogP contribution in [0.1, 0.15) is 22.8 Å². The second-order valence-corrected chi connectivity index (χ2v) is 7.46. The quantitative estimate of drug-likeness (QED) is 0.533. The molecule has 0 aliphatic carbocycles. The molecular formula is C26H22O7. The highest BCUT2D eigenvalue weighted by Gasteiger charge is 2.37. The van der Waals surface area contributed by atoms with Crippen LogP contribution in [-0.4, -0.2) is 34.1 Å². The zero-order valence-corrected chi connectivity index (χ0v) is 18.4. The van der Waals surface area contributed by atoms with Crippen molar-refractivity contribution in [2.75, 3.05) is 28.1 Å². The predicted molar refractivity (Wildman–Crippen MR) is 120 cm³/mol. The summed E-state index contributed by atoms with van der Waals surface area (Å²) in [7, 11) is 4.55. The molecule has 0 saturated heterocycles. The molecule has 2 aliphatic heterocycles. The molecule has 3 aromatic rings. The Morgan fingerprint density at radius 2 is 1.70 bits per heavy atom. The van der Waals surface area contributed by atoms with Crippen molar-refractivity contribution in [3.05, 3.63) is 82.9 Å². The minimum absolute atomic E-state index is 0.151. The van der Waals surface area contributed by atoms with E-state index in [1.54, 1.807) is 20.3 Å². The highest BCUT2D eigenvalue weighted by Crippen LogP contribution is 2.50. The first-order valence-corrected chi connectivity index (χ1v) is 10.3. The topological polar surface area (TPSA) is 72.5 Å². The second kappa shape index (κ2) is 8.43. The number of hydrogen-bond donors (Lipinski definition) is 0. The van der Waals surface area contributed by atoms with Gasteiger partial charge in [0.1, 0.15) is 5.75 Å². The fourth-order valence-electron chi connectivity index (χ4n) is 4.15. The minimum atomic E-state index is -0.757. The van der Waals surface area contributed by atoms with Crippen LogP contribution in [0.15, 0.2) is 66.2 Å². The Morgan fingerprint density at radius 1 is 0.909 bits per heavy atom. The van der Waals surface area contributed by atoms with E-state index in [0.717, 1.165) is 16.7 Å². The summed E-state index contributed by atoms with van der Waals surface area (Å²) in [5.41, 5.74) is 3.36. The number of rotatable bonds is 5. The summed E-state index contributed by atoms with van der Waals surface area (Å²) >= 11 is 0. The molecule has 1 unspecified atom stereocenters. The molecule has 0 aromatic heterocycles. The Morgan fingerprint density at radius 3 is 2.42 bits per heavy atom. The van der Waals surface area contributed by atoms with E-state index in [-0.39, 0.29) is 6.79 Å². The third kappa shape index (κ3) is 3.51. The van der Waals surface area contributed by atoms with E-state index in [9.17, 15) is 4.79 Å². The molecular weight excluding hydrogens is 424 g/mol. The predicted octanol–water partition coefficient (Wildman–Crippen LogP) is 4.54. The SMILES string of the molecule is COC(=O)C1=C(c2ccc(OC)cc2)c2cccc(OC)c2OC1c1ccc2c(c1)OCO2. The molecule has 7 nitrogen and oxygen atoms in total. The second-order valence-electron chi connectivity index (χ2n) is 7.46. The van der Waals surface area contributed by atoms with Crippen molar-refractivity contribution in [2.24, 2.45) is 0 Å². The van der Waals surface area contributed by atoms with Crippen molar-refractivity contribution in [3.8, 4) is 28.7 Å². The molecule has 3 aromatic carbocycles. The van der Waals surface area contributed by atoms with Gasteiger partial charge >= 0.3 is 5.97 Å². The van der Waals surface area contributed by atoms with Crippen LogP contribution < -0.4 is 23.7 Å². The Kier molecular flexibility index (Phi) is 5.30. The maximum atomic E-state index is 13.2. The van der Waals surface area contributed by atoms with E-state index in [4.69, 9.17) is 28.4 Å². The zero-order chi connectivity index (χ0) is 22.9. The summed E-state index contributed by atoms with van der Waals surface area (Å²) in [4.78, 5) is 13.2. The fraction of sp³-hybridized carbons (Fsp3) is 0.192. The van der Waals surface area contributed by atoms with Crippen molar-refractivity contribution in [2.45, 2.75) is 6.10 Å². The van der Waals surface area contributed by atoms with Gasteiger partial charge in [-0.05, 0) is 35.9 Å². The number of ether oxygens (including phenoxy) is 6. The normalized spacial score (nSPS) is 16.0. The largest absolute Gasteiger partial charge is 0.497 e. The van der Waals surface area contributed by atoms with Gasteiger partial charge in [-0.1, -0.05) is 30.3 Å². The van der Waals surface area contributed by atoms with Crippen LogP contribution in [-0.2, 0) is 9.53 Å². The van der Waals surface area contributed by atoms with Crippen molar-refractivity contribution < 1.29 is 33.2 Å². The van der Waals surface area contributed by atoms with Gasteiger partial charge in [0.15, 0.2) is 29.1 Å². The number of hydrogen-bond acceptors (Lipinski definition) is 7. The lowest BCUT2D eigenvalue weighted by Gasteiger charge is -2.31. The summed E-state index contributed by atoms with van der Waals surface area (Å²) < 4.78 is 33.5. The Balaban J connectivity index is 1.78. The average molecular weight is 446 g/mol. The first-order valence-electron chi connectivity index (χ1n) is 10.3. The standard InChI is InChI=1S/C26H22O7/c1-28-17-10-7-15(8-11-17)22-18-5-4-6-20(29-2)25(18)33-24(23(22)26(27)30-3)16-9-12-19-21(13-16)32-14-31-19/h4-13,24H,14H2,1-3H3. The van der Waals surface area contributed by atoms with Crippen LogP contribution in [0, 0.1) is 0 Å². The molecule has 0 radical (unpaired) electrons. The molecule has 7 heteroatoms. The van der Waals surface area contributed by atoms with Crippen LogP contribution >= 0.6 is 0 Å². The molecule has 0 N–H and O–H groups in total. The van der Waals surface area contributed by atoms with E-state index in [0.29, 0.717) is 39.9 Å². The first-order chi connectivity index (χ1) is 16.1. The molecule has 0 amide bonds. The third-order valence-electron chi connectivity index (χ3n) is 5.72. The molecule has 0 fully saturated rings. The summed E-state index contributed by atoms with van der Waals surface area (Å²) in [5.74, 6) is 2.57. The van der Waals surface area contributed by atoms with E-state index < -0.39 is 12.1 Å². The zero-order valence-electron chi connectivity index (χ0n) is 18.4. The number of esters is 1. The number of benzene rings is 3. The molecule has 0 bridgehead atoms. The van der Waals surface area contributed by atoms with Gasteiger partial charge in [0.2, 0.25) is 6.79 Å². The van der Waals surface area contributed by atoms with E-state index >= 15 is 0 Å². The van der Waals surface area contributed by atoms with Gasteiger partial charge in [0.25, 0.3) is 0 Å². The van der Waals surface area contributed by atoms with Gasteiger partial charge < -0.3 is 28.4 Å². The van der Waals surface area contributed by atoms with E-state index in [2.05, 4.69) is 0 Å². The van der Waals surface area contributed by atoms with Gasteiger partial charge in [0.05, 0.1) is 26.9 Å². The Labute approximate surface area is 191 Å². The maximum absolute atomic E-state index is 13.2. The molecule has 2 aliphatic rings. The number of fused-ring (bicyclic) bond motifs is 2. The van der Waals surface area contributed by atoms with Crippen molar-refractivity contribution >= 4 is 11.5 Å².